The molecule has 110 valence electrons. The van der Waals surface area contributed by atoms with Crippen molar-refractivity contribution in [1.29, 1.82) is 0 Å². The van der Waals surface area contributed by atoms with E-state index in [1.807, 2.05) is 23.7 Å². The Hall–Kier alpha value is -1.37. The molecule has 2 aromatic rings. The fourth-order valence-electron chi connectivity index (χ4n) is 2.27. The Morgan fingerprint density at radius 1 is 1.38 bits per heavy atom. The van der Waals surface area contributed by atoms with Crippen LogP contribution in [-0.2, 0) is 11.2 Å². The van der Waals surface area contributed by atoms with Gasteiger partial charge in [0.2, 0.25) is 5.91 Å². The predicted octanol–water partition coefficient (Wildman–Crippen LogP) is 2.13. The van der Waals surface area contributed by atoms with Crippen LogP contribution < -0.4 is 10.6 Å². The quantitative estimate of drug-likeness (QED) is 0.886. The zero-order valence-electron chi connectivity index (χ0n) is 11.5. The minimum atomic E-state index is -0.0370. The lowest BCUT2D eigenvalue weighted by Gasteiger charge is -2.10. The molecule has 4 nitrogen and oxygen atoms in total. The molecule has 0 aliphatic carbocycles. The first-order valence-electron chi connectivity index (χ1n) is 6.91. The van der Waals surface area contributed by atoms with Crippen molar-refractivity contribution in [3.05, 3.63) is 40.7 Å². The molecule has 2 N–H and O–H groups in total. The molecule has 0 bridgehead atoms. The lowest BCUT2D eigenvalue weighted by atomic mass is 10.1. The maximum absolute atomic E-state index is 11.9. The van der Waals surface area contributed by atoms with Gasteiger partial charge in [0.1, 0.15) is 0 Å². The molecule has 1 aromatic heterocycles. The number of thioether (sulfide) groups is 1. The van der Waals surface area contributed by atoms with Crippen LogP contribution in [0.5, 0.6) is 0 Å². The smallest absolute Gasteiger partial charge is 0.238 e. The molecule has 1 atom stereocenters. The van der Waals surface area contributed by atoms with Gasteiger partial charge in [-0.15, -0.1) is 23.1 Å². The molecule has 1 unspecified atom stereocenters. The van der Waals surface area contributed by atoms with Crippen LogP contribution in [0.15, 0.2) is 35.8 Å². The SMILES string of the molecule is O=C(NCCc1scnc1-c1ccccc1)C1CSCN1. The second-order valence-corrected chi connectivity index (χ2v) is 6.77. The summed E-state index contributed by atoms with van der Waals surface area (Å²) >= 11 is 3.41. The molecule has 1 aromatic carbocycles. The minimum Gasteiger partial charge on any atom is -0.354 e. The fraction of sp³-hybridized carbons (Fsp3) is 0.333. The predicted molar refractivity (Wildman–Crippen MR) is 88.5 cm³/mol. The summed E-state index contributed by atoms with van der Waals surface area (Å²) in [5.74, 6) is 1.83. The number of carbonyl (C=O) groups is 1. The average Bonchev–Trinajstić information content (AvgIpc) is 3.20. The Morgan fingerprint density at radius 2 is 2.24 bits per heavy atom. The van der Waals surface area contributed by atoms with Crippen LogP contribution in [0, 0.1) is 0 Å². The van der Waals surface area contributed by atoms with Gasteiger partial charge in [0.15, 0.2) is 0 Å². The summed E-state index contributed by atoms with van der Waals surface area (Å²) < 4.78 is 0. The zero-order chi connectivity index (χ0) is 14.5. The summed E-state index contributed by atoms with van der Waals surface area (Å²) in [7, 11) is 0. The lowest BCUT2D eigenvalue weighted by Crippen LogP contribution is -2.42. The highest BCUT2D eigenvalue weighted by Gasteiger charge is 2.21. The molecule has 0 saturated carbocycles. The number of rotatable bonds is 5. The van der Waals surface area contributed by atoms with Crippen LogP contribution in [0.1, 0.15) is 4.88 Å². The lowest BCUT2D eigenvalue weighted by molar-refractivity contribution is -0.122. The molecule has 1 aliphatic rings. The van der Waals surface area contributed by atoms with E-state index in [1.165, 1.54) is 4.88 Å². The molecular weight excluding hydrogens is 302 g/mol. The third-order valence-electron chi connectivity index (χ3n) is 3.37. The highest BCUT2D eigenvalue weighted by Crippen LogP contribution is 2.25. The first-order valence-corrected chi connectivity index (χ1v) is 8.94. The van der Waals surface area contributed by atoms with Crippen molar-refractivity contribution in [2.75, 3.05) is 18.2 Å². The number of carbonyl (C=O) groups excluding carboxylic acids is 1. The van der Waals surface area contributed by atoms with E-state index in [1.54, 1.807) is 23.1 Å². The van der Waals surface area contributed by atoms with Crippen molar-refractivity contribution in [3.63, 3.8) is 0 Å². The molecule has 1 aliphatic heterocycles. The summed E-state index contributed by atoms with van der Waals surface area (Å²) in [6, 6.07) is 10.1. The maximum atomic E-state index is 11.9. The average molecular weight is 319 g/mol. The van der Waals surface area contributed by atoms with Crippen molar-refractivity contribution in [2.45, 2.75) is 12.5 Å². The molecule has 2 heterocycles. The molecule has 1 saturated heterocycles. The topological polar surface area (TPSA) is 54.0 Å². The number of nitrogens with zero attached hydrogens (tertiary/aromatic N) is 1. The second-order valence-electron chi connectivity index (χ2n) is 4.80. The van der Waals surface area contributed by atoms with Crippen molar-refractivity contribution in [1.82, 2.24) is 15.6 Å². The molecule has 3 rings (SSSR count). The highest BCUT2D eigenvalue weighted by molar-refractivity contribution is 7.99. The van der Waals surface area contributed by atoms with E-state index >= 15 is 0 Å². The number of thiazole rings is 1. The van der Waals surface area contributed by atoms with Crippen molar-refractivity contribution >= 4 is 29.0 Å². The number of aromatic nitrogens is 1. The summed E-state index contributed by atoms with van der Waals surface area (Å²) in [5.41, 5.74) is 4.03. The summed E-state index contributed by atoms with van der Waals surface area (Å²) in [4.78, 5) is 17.6. The number of amides is 1. The normalized spacial score (nSPS) is 17.8. The Balaban J connectivity index is 1.56. The first-order chi connectivity index (χ1) is 10.3. The van der Waals surface area contributed by atoms with Gasteiger partial charge in [0, 0.05) is 35.0 Å². The third-order valence-corrected chi connectivity index (χ3v) is 5.20. The van der Waals surface area contributed by atoms with E-state index in [9.17, 15) is 4.79 Å². The second kappa shape index (κ2) is 7.06. The Labute approximate surface area is 132 Å². The molecule has 6 heteroatoms. The fourth-order valence-corrected chi connectivity index (χ4v) is 3.99. The van der Waals surface area contributed by atoms with Gasteiger partial charge in [0.05, 0.1) is 17.2 Å². The van der Waals surface area contributed by atoms with Gasteiger partial charge in [0.25, 0.3) is 0 Å². The van der Waals surface area contributed by atoms with Gasteiger partial charge in [-0.1, -0.05) is 30.3 Å². The largest absolute Gasteiger partial charge is 0.354 e. The molecule has 0 spiro atoms. The number of hydrogen-bond acceptors (Lipinski definition) is 5. The van der Waals surface area contributed by atoms with Crippen molar-refractivity contribution in [2.24, 2.45) is 0 Å². The van der Waals surface area contributed by atoms with E-state index in [2.05, 4.69) is 27.8 Å². The summed E-state index contributed by atoms with van der Waals surface area (Å²) in [6.07, 6.45) is 0.820. The van der Waals surface area contributed by atoms with Crippen LogP contribution in [-0.4, -0.2) is 35.1 Å². The standard InChI is InChI=1S/C15H17N3OS2/c19-15(12-8-20-9-17-12)16-7-6-13-14(18-10-21-13)11-4-2-1-3-5-11/h1-5,10,12,17H,6-9H2,(H,16,19). The Bertz CT molecular complexity index is 594. The van der Waals surface area contributed by atoms with Crippen LogP contribution >= 0.6 is 23.1 Å². The van der Waals surface area contributed by atoms with Gasteiger partial charge >= 0.3 is 0 Å². The molecule has 0 radical (unpaired) electrons. The minimum absolute atomic E-state index is 0.0370. The van der Waals surface area contributed by atoms with Gasteiger partial charge in [-0.2, -0.15) is 0 Å². The van der Waals surface area contributed by atoms with Crippen LogP contribution in [0.2, 0.25) is 0 Å². The van der Waals surface area contributed by atoms with Gasteiger partial charge in [-0.3, -0.25) is 10.1 Å². The van der Waals surface area contributed by atoms with E-state index in [0.717, 1.165) is 29.3 Å². The third kappa shape index (κ3) is 3.64. The van der Waals surface area contributed by atoms with Gasteiger partial charge < -0.3 is 5.32 Å². The molecular formula is C15H17N3OS2. The van der Waals surface area contributed by atoms with Crippen LogP contribution in [0.3, 0.4) is 0 Å². The van der Waals surface area contributed by atoms with Crippen LogP contribution in [0.4, 0.5) is 0 Å². The zero-order valence-corrected chi connectivity index (χ0v) is 13.2. The van der Waals surface area contributed by atoms with Crippen molar-refractivity contribution < 1.29 is 4.79 Å². The number of nitrogens with one attached hydrogen (secondary N) is 2. The highest BCUT2D eigenvalue weighted by atomic mass is 32.2. The van der Waals surface area contributed by atoms with E-state index in [4.69, 9.17) is 0 Å². The summed E-state index contributed by atoms with van der Waals surface area (Å²) in [5, 5.41) is 6.18. The first kappa shape index (κ1) is 14.6. The number of benzene rings is 1. The molecule has 1 amide bonds. The van der Waals surface area contributed by atoms with E-state index in [-0.39, 0.29) is 11.9 Å². The van der Waals surface area contributed by atoms with E-state index < -0.39 is 0 Å². The van der Waals surface area contributed by atoms with Crippen molar-refractivity contribution in [3.8, 4) is 11.3 Å². The maximum Gasteiger partial charge on any atom is 0.238 e. The molecule has 1 fully saturated rings. The van der Waals surface area contributed by atoms with Gasteiger partial charge in [-0.25, -0.2) is 4.98 Å². The monoisotopic (exact) mass is 319 g/mol. The van der Waals surface area contributed by atoms with E-state index in [0.29, 0.717) is 6.54 Å². The van der Waals surface area contributed by atoms with Crippen LogP contribution in [0.25, 0.3) is 11.3 Å². The van der Waals surface area contributed by atoms with Gasteiger partial charge in [-0.05, 0) is 0 Å². The Kier molecular flexibility index (Phi) is 4.90. The number of hydrogen-bond donors (Lipinski definition) is 2. The molecule has 21 heavy (non-hydrogen) atoms. The summed E-state index contributed by atoms with van der Waals surface area (Å²) in [6.45, 7) is 0.656. The Morgan fingerprint density at radius 3 is 3.00 bits per heavy atom.